The number of piperazine rings is 1. The van der Waals surface area contributed by atoms with Gasteiger partial charge in [-0.05, 0) is 0 Å². The van der Waals surface area contributed by atoms with Crippen LogP contribution in [-0.4, -0.2) is 46.8 Å². The summed E-state index contributed by atoms with van der Waals surface area (Å²) in [6, 6.07) is 0. The minimum Gasteiger partial charge on any atom is -0.336 e. The number of amides is 1. The van der Waals surface area contributed by atoms with Gasteiger partial charge in [-0.1, -0.05) is 11.6 Å². The Bertz CT molecular complexity index is 370. The Kier molecular flexibility index (Phi) is 2.93. The number of rotatable bonds is 1. The fraction of sp³-hybridized carbons (Fsp3) is 0.556. The van der Waals surface area contributed by atoms with E-state index in [-0.39, 0.29) is 5.91 Å². The second-order valence-electron chi connectivity index (χ2n) is 3.51. The maximum Gasteiger partial charge on any atom is 0.258 e. The van der Waals surface area contributed by atoms with Gasteiger partial charge in [0.15, 0.2) is 0 Å². The molecule has 0 radical (unpaired) electrons. The van der Waals surface area contributed by atoms with Crippen LogP contribution in [0.1, 0.15) is 10.4 Å². The first-order valence-corrected chi connectivity index (χ1v) is 5.25. The molecule has 0 unspecified atom stereocenters. The molecule has 1 N–H and O–H groups in total. The Labute approximate surface area is 93.0 Å². The van der Waals surface area contributed by atoms with Crippen molar-refractivity contribution in [3.05, 3.63) is 16.9 Å². The molecule has 1 aliphatic heterocycles. The van der Waals surface area contributed by atoms with E-state index in [0.29, 0.717) is 10.7 Å². The summed E-state index contributed by atoms with van der Waals surface area (Å²) in [6.07, 6.45) is 1.52. The van der Waals surface area contributed by atoms with Crippen LogP contribution < -0.4 is 5.32 Å². The molecule has 1 saturated heterocycles. The second-order valence-corrected chi connectivity index (χ2v) is 3.87. The molecule has 0 spiro atoms. The molecule has 6 heteroatoms. The van der Waals surface area contributed by atoms with Gasteiger partial charge in [0.05, 0.1) is 11.8 Å². The molecule has 82 valence electrons. The van der Waals surface area contributed by atoms with E-state index in [4.69, 9.17) is 11.6 Å². The van der Waals surface area contributed by atoms with Gasteiger partial charge in [-0.25, -0.2) is 0 Å². The first kappa shape index (κ1) is 10.4. The molecule has 2 rings (SSSR count). The number of hydrogen-bond donors (Lipinski definition) is 1. The first-order valence-electron chi connectivity index (χ1n) is 4.87. The van der Waals surface area contributed by atoms with Crippen LogP contribution in [0.3, 0.4) is 0 Å². The van der Waals surface area contributed by atoms with E-state index in [2.05, 4.69) is 10.4 Å². The van der Waals surface area contributed by atoms with Gasteiger partial charge >= 0.3 is 0 Å². The van der Waals surface area contributed by atoms with Crippen LogP contribution in [0, 0.1) is 0 Å². The normalized spacial score (nSPS) is 16.8. The Balaban J connectivity index is 2.16. The lowest BCUT2D eigenvalue weighted by atomic mass is 10.2. The number of carbonyl (C=O) groups is 1. The molecule has 0 aliphatic carbocycles. The van der Waals surface area contributed by atoms with Crippen LogP contribution in [0.5, 0.6) is 0 Å². The molecular weight excluding hydrogens is 216 g/mol. The number of aromatic nitrogens is 2. The lowest BCUT2D eigenvalue weighted by Gasteiger charge is -2.27. The molecule has 0 bridgehead atoms. The van der Waals surface area contributed by atoms with Crippen molar-refractivity contribution in [2.45, 2.75) is 0 Å². The lowest BCUT2D eigenvalue weighted by molar-refractivity contribution is 0.0736. The van der Waals surface area contributed by atoms with Gasteiger partial charge < -0.3 is 10.2 Å². The summed E-state index contributed by atoms with van der Waals surface area (Å²) in [5, 5.41) is 7.55. The highest BCUT2D eigenvalue weighted by atomic mass is 35.5. The predicted octanol–water partition coefficient (Wildman–Crippen LogP) is 0.119. The lowest BCUT2D eigenvalue weighted by Crippen LogP contribution is -2.46. The van der Waals surface area contributed by atoms with Gasteiger partial charge in [-0.3, -0.25) is 9.48 Å². The number of aryl methyl sites for hydroxylation is 1. The zero-order valence-corrected chi connectivity index (χ0v) is 9.29. The molecule has 15 heavy (non-hydrogen) atoms. The van der Waals surface area contributed by atoms with Crippen molar-refractivity contribution >= 4 is 17.5 Å². The van der Waals surface area contributed by atoms with Gasteiger partial charge in [0, 0.05) is 33.2 Å². The maximum atomic E-state index is 12.0. The van der Waals surface area contributed by atoms with Crippen molar-refractivity contribution in [3.63, 3.8) is 0 Å². The fourth-order valence-corrected chi connectivity index (χ4v) is 1.78. The minimum absolute atomic E-state index is 0.0328. The van der Waals surface area contributed by atoms with Crippen LogP contribution in [0.15, 0.2) is 6.20 Å². The number of nitrogens with one attached hydrogen (secondary N) is 1. The average molecular weight is 229 g/mol. The van der Waals surface area contributed by atoms with Crippen LogP contribution in [0.2, 0.25) is 5.15 Å². The van der Waals surface area contributed by atoms with Gasteiger partial charge in [0.1, 0.15) is 5.15 Å². The Hall–Kier alpha value is -1.07. The van der Waals surface area contributed by atoms with E-state index in [0.717, 1.165) is 26.2 Å². The zero-order chi connectivity index (χ0) is 10.8. The Morgan fingerprint density at radius 3 is 2.73 bits per heavy atom. The van der Waals surface area contributed by atoms with Gasteiger partial charge in [-0.15, -0.1) is 0 Å². The minimum atomic E-state index is -0.0328. The summed E-state index contributed by atoms with van der Waals surface area (Å²) in [7, 11) is 1.72. The summed E-state index contributed by atoms with van der Waals surface area (Å²) < 4.78 is 1.50. The van der Waals surface area contributed by atoms with Crippen molar-refractivity contribution in [1.29, 1.82) is 0 Å². The summed E-state index contributed by atoms with van der Waals surface area (Å²) in [5.41, 5.74) is 0.487. The third-order valence-corrected chi connectivity index (χ3v) is 2.95. The zero-order valence-electron chi connectivity index (χ0n) is 8.53. The molecule has 2 heterocycles. The molecule has 1 amide bonds. The van der Waals surface area contributed by atoms with Crippen LogP contribution in [0.4, 0.5) is 0 Å². The molecule has 0 saturated carbocycles. The molecular formula is C9H13ClN4O. The van der Waals surface area contributed by atoms with Crippen LogP contribution in [-0.2, 0) is 7.05 Å². The van der Waals surface area contributed by atoms with E-state index >= 15 is 0 Å². The van der Waals surface area contributed by atoms with Gasteiger partial charge in [-0.2, -0.15) is 5.10 Å². The molecule has 0 aromatic carbocycles. The maximum absolute atomic E-state index is 12.0. The Morgan fingerprint density at radius 2 is 2.20 bits per heavy atom. The highest BCUT2D eigenvalue weighted by molar-refractivity contribution is 6.32. The molecule has 0 atom stereocenters. The standard InChI is InChI=1S/C9H13ClN4O/c1-13-8(10)7(6-12-13)9(15)14-4-2-11-3-5-14/h6,11H,2-5H2,1H3. The molecule has 1 aromatic heterocycles. The Morgan fingerprint density at radius 1 is 1.53 bits per heavy atom. The van der Waals surface area contributed by atoms with Crippen molar-refractivity contribution in [2.24, 2.45) is 7.05 Å². The smallest absolute Gasteiger partial charge is 0.258 e. The highest BCUT2D eigenvalue weighted by Gasteiger charge is 2.22. The van der Waals surface area contributed by atoms with E-state index in [1.54, 1.807) is 11.9 Å². The summed E-state index contributed by atoms with van der Waals surface area (Å²) in [6.45, 7) is 3.13. The van der Waals surface area contributed by atoms with Crippen molar-refractivity contribution < 1.29 is 4.79 Å². The van der Waals surface area contributed by atoms with Gasteiger partial charge in [0.25, 0.3) is 5.91 Å². The number of nitrogens with zero attached hydrogens (tertiary/aromatic N) is 3. The number of hydrogen-bond acceptors (Lipinski definition) is 3. The highest BCUT2D eigenvalue weighted by Crippen LogP contribution is 2.16. The number of halogens is 1. The largest absolute Gasteiger partial charge is 0.336 e. The molecule has 1 aromatic rings. The van der Waals surface area contributed by atoms with Crippen LogP contribution in [0.25, 0.3) is 0 Å². The molecule has 1 fully saturated rings. The van der Waals surface area contributed by atoms with E-state index < -0.39 is 0 Å². The number of carbonyl (C=O) groups excluding carboxylic acids is 1. The van der Waals surface area contributed by atoms with E-state index in [1.165, 1.54) is 10.9 Å². The fourth-order valence-electron chi connectivity index (χ4n) is 1.60. The predicted molar refractivity (Wildman–Crippen MR) is 57.0 cm³/mol. The average Bonchev–Trinajstić information content (AvgIpc) is 2.60. The van der Waals surface area contributed by atoms with E-state index in [9.17, 15) is 4.79 Å². The molecule has 1 aliphatic rings. The third-order valence-electron chi connectivity index (χ3n) is 2.50. The van der Waals surface area contributed by atoms with Crippen molar-refractivity contribution in [3.8, 4) is 0 Å². The summed E-state index contributed by atoms with van der Waals surface area (Å²) in [5.74, 6) is -0.0328. The van der Waals surface area contributed by atoms with Crippen molar-refractivity contribution in [2.75, 3.05) is 26.2 Å². The summed E-state index contributed by atoms with van der Waals surface area (Å²) >= 11 is 5.96. The van der Waals surface area contributed by atoms with Crippen LogP contribution >= 0.6 is 11.6 Å². The second kappa shape index (κ2) is 4.20. The monoisotopic (exact) mass is 228 g/mol. The first-order chi connectivity index (χ1) is 7.20. The third kappa shape index (κ3) is 1.98. The van der Waals surface area contributed by atoms with Gasteiger partial charge in [0.2, 0.25) is 0 Å². The SMILES string of the molecule is Cn1ncc(C(=O)N2CCNCC2)c1Cl. The van der Waals surface area contributed by atoms with Crippen molar-refractivity contribution in [1.82, 2.24) is 20.0 Å². The topological polar surface area (TPSA) is 50.2 Å². The summed E-state index contributed by atoms with van der Waals surface area (Å²) in [4.78, 5) is 13.8. The quantitative estimate of drug-likeness (QED) is 0.743. The molecule has 5 nitrogen and oxygen atoms in total. The van der Waals surface area contributed by atoms with E-state index in [1.807, 2.05) is 0 Å².